The molecule has 150 valence electrons. The van der Waals surface area contributed by atoms with Crippen LogP contribution in [0.15, 0.2) is 53.5 Å². The molecule has 0 saturated heterocycles. The Balaban J connectivity index is 1.82. The predicted molar refractivity (Wildman–Crippen MR) is 104 cm³/mol. The Bertz CT molecular complexity index is 799. The van der Waals surface area contributed by atoms with Crippen LogP contribution in [-0.2, 0) is 6.54 Å². The zero-order valence-corrected chi connectivity index (χ0v) is 15.5. The van der Waals surface area contributed by atoms with Gasteiger partial charge >= 0.3 is 0 Å². The summed E-state index contributed by atoms with van der Waals surface area (Å²) in [7, 11) is 0. The minimum Gasteiger partial charge on any atom is -0.491 e. The van der Waals surface area contributed by atoms with Crippen molar-refractivity contribution in [3.8, 4) is 5.75 Å². The highest BCUT2D eigenvalue weighted by atomic mass is 19.1. The highest BCUT2D eigenvalue weighted by molar-refractivity contribution is 5.79. The van der Waals surface area contributed by atoms with E-state index in [1.54, 1.807) is 18.2 Å². The van der Waals surface area contributed by atoms with Crippen LogP contribution in [0.5, 0.6) is 5.75 Å². The van der Waals surface area contributed by atoms with Gasteiger partial charge in [0.25, 0.3) is 5.69 Å². The zero-order chi connectivity index (χ0) is 20.4. The maximum atomic E-state index is 13.7. The number of ether oxygens (including phenoxy) is 1. The lowest BCUT2D eigenvalue weighted by molar-refractivity contribution is -0.384. The molecule has 0 amide bonds. The maximum absolute atomic E-state index is 13.7. The summed E-state index contributed by atoms with van der Waals surface area (Å²) in [6.45, 7) is 2.83. The van der Waals surface area contributed by atoms with E-state index in [-0.39, 0.29) is 31.2 Å². The van der Waals surface area contributed by atoms with Crippen LogP contribution in [0.3, 0.4) is 0 Å². The summed E-state index contributed by atoms with van der Waals surface area (Å²) in [6, 6.07) is 12.0. The lowest BCUT2D eigenvalue weighted by Crippen LogP contribution is -2.42. The average Bonchev–Trinajstić information content (AvgIpc) is 2.69. The molecule has 3 N–H and O–H groups in total. The van der Waals surface area contributed by atoms with Gasteiger partial charge in [-0.15, -0.1) is 0 Å². The molecule has 0 aromatic heterocycles. The standard InChI is InChI=1S/C19H23FN4O4/c1-2-21-19(22-11-14-5-3-4-6-18(14)20)23-12-16(25)13-28-17-9-7-15(8-10-17)24(26)27/h3-10,16,25H,2,11-13H2,1H3,(H2,21,22,23). The van der Waals surface area contributed by atoms with Crippen molar-refractivity contribution in [2.75, 3.05) is 19.7 Å². The Kier molecular flexibility index (Phi) is 8.16. The van der Waals surface area contributed by atoms with Crippen LogP contribution >= 0.6 is 0 Å². The van der Waals surface area contributed by atoms with Crippen molar-refractivity contribution in [1.82, 2.24) is 10.6 Å². The molecule has 0 spiro atoms. The first-order chi connectivity index (χ1) is 13.5. The largest absolute Gasteiger partial charge is 0.491 e. The number of guanidine groups is 1. The van der Waals surface area contributed by atoms with Gasteiger partial charge in [0.05, 0.1) is 11.5 Å². The average molecular weight is 390 g/mol. The second-order valence-corrected chi connectivity index (χ2v) is 5.88. The molecule has 0 aliphatic heterocycles. The molecule has 0 aliphatic carbocycles. The van der Waals surface area contributed by atoms with Gasteiger partial charge in [0, 0.05) is 30.8 Å². The Morgan fingerprint density at radius 1 is 1.25 bits per heavy atom. The molecule has 0 bridgehead atoms. The quantitative estimate of drug-likeness (QED) is 0.262. The van der Waals surface area contributed by atoms with Crippen LogP contribution in [0.25, 0.3) is 0 Å². The summed E-state index contributed by atoms with van der Waals surface area (Å²) in [5.41, 5.74) is 0.442. The number of nitrogens with zero attached hydrogens (tertiary/aromatic N) is 2. The van der Waals surface area contributed by atoms with E-state index in [4.69, 9.17) is 4.74 Å². The molecular weight excluding hydrogens is 367 g/mol. The van der Waals surface area contributed by atoms with Crippen molar-refractivity contribution in [3.05, 3.63) is 70.0 Å². The van der Waals surface area contributed by atoms with E-state index in [0.29, 0.717) is 23.8 Å². The van der Waals surface area contributed by atoms with Crippen molar-refractivity contribution in [3.63, 3.8) is 0 Å². The fraction of sp³-hybridized carbons (Fsp3) is 0.316. The smallest absolute Gasteiger partial charge is 0.269 e. The molecule has 28 heavy (non-hydrogen) atoms. The molecule has 2 aromatic carbocycles. The number of nitro groups is 1. The number of non-ortho nitro benzene ring substituents is 1. The van der Waals surface area contributed by atoms with Crippen molar-refractivity contribution in [2.45, 2.75) is 19.6 Å². The minimum absolute atomic E-state index is 0.00245. The number of nitro benzene ring substituents is 1. The van der Waals surface area contributed by atoms with E-state index in [0.717, 1.165) is 0 Å². The number of benzene rings is 2. The van der Waals surface area contributed by atoms with E-state index in [2.05, 4.69) is 15.6 Å². The monoisotopic (exact) mass is 390 g/mol. The third kappa shape index (κ3) is 6.84. The van der Waals surface area contributed by atoms with Gasteiger partial charge in [-0.05, 0) is 25.1 Å². The summed E-state index contributed by atoms with van der Waals surface area (Å²) in [4.78, 5) is 14.4. The molecular formula is C19H23FN4O4. The van der Waals surface area contributed by atoms with Gasteiger partial charge in [-0.25, -0.2) is 9.38 Å². The van der Waals surface area contributed by atoms with Crippen molar-refractivity contribution >= 4 is 11.6 Å². The van der Waals surface area contributed by atoms with Crippen LogP contribution in [-0.4, -0.2) is 41.8 Å². The molecule has 2 aromatic rings. The number of nitrogens with one attached hydrogen (secondary N) is 2. The number of halogens is 1. The normalized spacial score (nSPS) is 12.3. The molecule has 0 heterocycles. The van der Waals surface area contributed by atoms with E-state index in [1.807, 2.05) is 6.92 Å². The van der Waals surface area contributed by atoms with E-state index < -0.39 is 11.0 Å². The number of hydrogen-bond donors (Lipinski definition) is 3. The molecule has 9 heteroatoms. The van der Waals surface area contributed by atoms with Crippen LogP contribution in [0.4, 0.5) is 10.1 Å². The minimum atomic E-state index is -0.840. The molecule has 1 atom stereocenters. The van der Waals surface area contributed by atoms with Crippen molar-refractivity contribution in [1.29, 1.82) is 0 Å². The SMILES string of the molecule is CCNC(=NCc1ccccc1F)NCC(O)COc1ccc([N+](=O)[O-])cc1. The summed E-state index contributed by atoms with van der Waals surface area (Å²) in [6.07, 6.45) is -0.840. The molecule has 0 radical (unpaired) electrons. The number of hydrogen-bond acceptors (Lipinski definition) is 5. The van der Waals surface area contributed by atoms with Crippen LogP contribution in [0.1, 0.15) is 12.5 Å². The molecule has 0 saturated carbocycles. The second kappa shape index (κ2) is 10.8. The number of aliphatic hydroxyl groups is 1. The fourth-order valence-corrected chi connectivity index (χ4v) is 2.26. The van der Waals surface area contributed by atoms with E-state index in [9.17, 15) is 19.6 Å². The first-order valence-electron chi connectivity index (χ1n) is 8.80. The van der Waals surface area contributed by atoms with Gasteiger partial charge in [0.1, 0.15) is 24.3 Å². The van der Waals surface area contributed by atoms with Crippen molar-refractivity contribution in [2.24, 2.45) is 4.99 Å². The molecule has 8 nitrogen and oxygen atoms in total. The number of aliphatic imine (C=N–C) groups is 1. The lowest BCUT2D eigenvalue weighted by Gasteiger charge is -2.16. The summed E-state index contributed by atoms with van der Waals surface area (Å²) < 4.78 is 19.1. The Morgan fingerprint density at radius 2 is 1.96 bits per heavy atom. The molecule has 0 fully saturated rings. The van der Waals surface area contributed by atoms with E-state index >= 15 is 0 Å². The summed E-state index contributed by atoms with van der Waals surface area (Å²) in [5.74, 6) is 0.545. The maximum Gasteiger partial charge on any atom is 0.269 e. The molecule has 2 rings (SSSR count). The van der Waals surface area contributed by atoms with Gasteiger partial charge < -0.3 is 20.5 Å². The third-order valence-corrected chi connectivity index (χ3v) is 3.70. The number of aliphatic hydroxyl groups excluding tert-OH is 1. The van der Waals surface area contributed by atoms with Gasteiger partial charge in [-0.1, -0.05) is 18.2 Å². The van der Waals surface area contributed by atoms with Gasteiger partial charge in [-0.2, -0.15) is 0 Å². The van der Waals surface area contributed by atoms with Crippen LogP contribution in [0.2, 0.25) is 0 Å². The fourth-order valence-electron chi connectivity index (χ4n) is 2.26. The Morgan fingerprint density at radius 3 is 2.61 bits per heavy atom. The first kappa shape index (κ1) is 21.1. The Labute approximate surface area is 162 Å². The Hall–Kier alpha value is -3.20. The van der Waals surface area contributed by atoms with Gasteiger partial charge in [0.15, 0.2) is 5.96 Å². The zero-order valence-electron chi connectivity index (χ0n) is 15.5. The van der Waals surface area contributed by atoms with Gasteiger partial charge in [-0.3, -0.25) is 10.1 Å². The predicted octanol–water partition coefficient (Wildman–Crippen LogP) is 2.23. The summed E-state index contributed by atoms with van der Waals surface area (Å²) >= 11 is 0. The van der Waals surface area contributed by atoms with Crippen molar-refractivity contribution < 1.29 is 19.2 Å². The molecule has 0 aliphatic rings. The third-order valence-electron chi connectivity index (χ3n) is 3.70. The highest BCUT2D eigenvalue weighted by Gasteiger charge is 2.09. The summed E-state index contributed by atoms with van der Waals surface area (Å²) in [5, 5.41) is 26.7. The number of rotatable bonds is 9. The lowest BCUT2D eigenvalue weighted by atomic mass is 10.2. The molecule has 1 unspecified atom stereocenters. The van der Waals surface area contributed by atoms with E-state index in [1.165, 1.54) is 30.3 Å². The second-order valence-electron chi connectivity index (χ2n) is 5.88. The first-order valence-corrected chi connectivity index (χ1v) is 8.80. The van der Waals surface area contributed by atoms with Crippen LogP contribution in [0, 0.1) is 15.9 Å². The topological polar surface area (TPSA) is 109 Å². The van der Waals surface area contributed by atoms with Crippen LogP contribution < -0.4 is 15.4 Å². The highest BCUT2D eigenvalue weighted by Crippen LogP contribution is 2.17. The van der Waals surface area contributed by atoms with Gasteiger partial charge in [0.2, 0.25) is 0 Å².